The minimum absolute atomic E-state index is 0.452. The Morgan fingerprint density at radius 2 is 1.86 bits per heavy atom. The molecule has 0 bridgehead atoms. The standard InChI is InChI=1S/C22H20N4O2/c23-22(27)17-13-18(14-4-2-1-3-5-14)24-20-16-7-6-15(12-19(16)25-21(17)20)26-8-10-28-11-9-26/h1-7,12-13,25H,8-11H2,(H2,23,27). The smallest absolute Gasteiger partial charge is 0.250 e. The van der Waals surface area contributed by atoms with Gasteiger partial charge in [-0.05, 0) is 24.3 Å². The van der Waals surface area contributed by atoms with Crippen molar-refractivity contribution < 1.29 is 9.53 Å². The second kappa shape index (κ2) is 6.65. The first-order valence-electron chi connectivity index (χ1n) is 9.35. The lowest BCUT2D eigenvalue weighted by Crippen LogP contribution is -2.36. The minimum atomic E-state index is -0.468. The van der Waals surface area contributed by atoms with Crippen molar-refractivity contribution in [1.82, 2.24) is 9.97 Å². The normalized spacial score (nSPS) is 14.6. The maximum Gasteiger partial charge on any atom is 0.250 e. The Bertz CT molecular complexity index is 1180. The minimum Gasteiger partial charge on any atom is -0.378 e. The SMILES string of the molecule is NC(=O)c1cc(-c2ccccc2)nc2c1[nH]c1cc(N3CCOCC3)ccc12. The van der Waals surface area contributed by atoms with E-state index in [1.54, 1.807) is 6.07 Å². The maximum atomic E-state index is 12.1. The number of carbonyl (C=O) groups excluding carboxylic acids is 1. The molecule has 28 heavy (non-hydrogen) atoms. The number of H-pyrrole nitrogens is 1. The Morgan fingerprint density at radius 3 is 2.61 bits per heavy atom. The number of fused-ring (bicyclic) bond motifs is 3. The highest BCUT2D eigenvalue weighted by Crippen LogP contribution is 2.32. The van der Waals surface area contributed by atoms with Crippen LogP contribution in [0, 0.1) is 0 Å². The molecule has 3 N–H and O–H groups in total. The highest BCUT2D eigenvalue weighted by molar-refractivity contribution is 6.14. The van der Waals surface area contributed by atoms with Crippen molar-refractivity contribution in [1.29, 1.82) is 0 Å². The number of anilines is 1. The molecule has 0 saturated carbocycles. The van der Waals surface area contributed by atoms with Gasteiger partial charge in [0.15, 0.2) is 0 Å². The number of morpholine rings is 1. The van der Waals surface area contributed by atoms with Gasteiger partial charge in [0.2, 0.25) is 0 Å². The van der Waals surface area contributed by atoms with E-state index in [1.165, 1.54) is 0 Å². The number of amides is 1. The largest absolute Gasteiger partial charge is 0.378 e. The van der Waals surface area contributed by atoms with Crippen molar-refractivity contribution in [2.75, 3.05) is 31.2 Å². The Labute approximate surface area is 161 Å². The molecule has 0 spiro atoms. The van der Waals surface area contributed by atoms with Gasteiger partial charge in [-0.15, -0.1) is 0 Å². The Balaban J connectivity index is 1.71. The predicted octanol–water partition coefficient (Wildman–Crippen LogP) is 3.32. The monoisotopic (exact) mass is 372 g/mol. The van der Waals surface area contributed by atoms with E-state index in [-0.39, 0.29) is 0 Å². The van der Waals surface area contributed by atoms with Crippen LogP contribution in [0.25, 0.3) is 33.2 Å². The molecule has 1 aliphatic heterocycles. The van der Waals surface area contributed by atoms with Gasteiger partial charge < -0.3 is 20.4 Å². The fourth-order valence-electron chi connectivity index (χ4n) is 3.81. The van der Waals surface area contributed by atoms with Gasteiger partial charge >= 0.3 is 0 Å². The van der Waals surface area contributed by atoms with Gasteiger partial charge in [-0.25, -0.2) is 4.98 Å². The van der Waals surface area contributed by atoms with Crippen LogP contribution in [-0.2, 0) is 4.74 Å². The number of nitrogens with zero attached hydrogens (tertiary/aromatic N) is 2. The molecule has 2 aromatic heterocycles. The lowest BCUT2D eigenvalue weighted by atomic mass is 10.1. The summed E-state index contributed by atoms with van der Waals surface area (Å²) in [5.74, 6) is -0.468. The first kappa shape index (κ1) is 16.8. The molecule has 0 atom stereocenters. The third-order valence-electron chi connectivity index (χ3n) is 5.25. The maximum absolute atomic E-state index is 12.1. The number of rotatable bonds is 3. The number of benzene rings is 2. The third-order valence-corrected chi connectivity index (χ3v) is 5.25. The number of nitrogens with one attached hydrogen (secondary N) is 1. The molecule has 4 aromatic rings. The Morgan fingerprint density at radius 1 is 1.07 bits per heavy atom. The average molecular weight is 372 g/mol. The molecule has 140 valence electrons. The summed E-state index contributed by atoms with van der Waals surface area (Å²) in [5, 5.41) is 0.979. The molecule has 0 radical (unpaired) electrons. The third kappa shape index (κ3) is 2.78. The summed E-state index contributed by atoms with van der Waals surface area (Å²) in [6.45, 7) is 3.21. The summed E-state index contributed by atoms with van der Waals surface area (Å²) in [4.78, 5) is 22.7. The molecule has 6 nitrogen and oxygen atoms in total. The number of pyridine rings is 1. The van der Waals surface area contributed by atoms with E-state index in [9.17, 15) is 4.79 Å². The van der Waals surface area contributed by atoms with E-state index in [2.05, 4.69) is 28.1 Å². The fourth-order valence-corrected chi connectivity index (χ4v) is 3.81. The van der Waals surface area contributed by atoms with Crippen LogP contribution < -0.4 is 10.6 Å². The van der Waals surface area contributed by atoms with Gasteiger partial charge in [0.1, 0.15) is 0 Å². The van der Waals surface area contributed by atoms with Crippen molar-refractivity contribution in [3.63, 3.8) is 0 Å². The summed E-state index contributed by atoms with van der Waals surface area (Å²) < 4.78 is 5.44. The van der Waals surface area contributed by atoms with Gasteiger partial charge in [-0.3, -0.25) is 4.79 Å². The van der Waals surface area contributed by atoms with Gasteiger partial charge in [0, 0.05) is 29.7 Å². The number of primary amides is 1. The molecule has 0 unspecified atom stereocenters. The highest BCUT2D eigenvalue weighted by Gasteiger charge is 2.18. The fraction of sp³-hybridized carbons (Fsp3) is 0.182. The number of carbonyl (C=O) groups is 1. The number of aromatic amines is 1. The molecule has 5 rings (SSSR count). The van der Waals surface area contributed by atoms with Crippen LogP contribution in [0.5, 0.6) is 0 Å². The van der Waals surface area contributed by atoms with Crippen molar-refractivity contribution in [2.24, 2.45) is 5.73 Å². The molecular formula is C22H20N4O2. The van der Waals surface area contributed by atoms with Crippen molar-refractivity contribution >= 4 is 33.5 Å². The van der Waals surface area contributed by atoms with Crippen LogP contribution in [0.4, 0.5) is 5.69 Å². The van der Waals surface area contributed by atoms with Gasteiger partial charge in [0.25, 0.3) is 5.91 Å². The summed E-state index contributed by atoms with van der Waals surface area (Å²) >= 11 is 0. The molecule has 0 aliphatic carbocycles. The van der Waals surface area contributed by atoms with E-state index in [0.29, 0.717) is 11.1 Å². The molecule has 1 fully saturated rings. The number of ether oxygens (including phenoxy) is 1. The lowest BCUT2D eigenvalue weighted by Gasteiger charge is -2.28. The Kier molecular flexibility index (Phi) is 3.98. The molecule has 2 aromatic carbocycles. The van der Waals surface area contributed by atoms with Crippen molar-refractivity contribution in [2.45, 2.75) is 0 Å². The summed E-state index contributed by atoms with van der Waals surface area (Å²) in [5.41, 5.74) is 11.3. The zero-order chi connectivity index (χ0) is 19.1. The quantitative estimate of drug-likeness (QED) is 0.578. The number of hydrogen-bond acceptors (Lipinski definition) is 4. The van der Waals surface area contributed by atoms with E-state index < -0.39 is 5.91 Å². The van der Waals surface area contributed by atoms with Crippen molar-refractivity contribution in [3.8, 4) is 11.3 Å². The second-order valence-electron chi connectivity index (χ2n) is 6.96. The van der Waals surface area contributed by atoms with Crippen molar-refractivity contribution in [3.05, 3.63) is 60.2 Å². The predicted molar refractivity (Wildman–Crippen MR) is 111 cm³/mol. The van der Waals surface area contributed by atoms with Gasteiger partial charge in [-0.2, -0.15) is 0 Å². The van der Waals surface area contributed by atoms with Crippen LogP contribution in [0.2, 0.25) is 0 Å². The number of hydrogen-bond donors (Lipinski definition) is 2. The number of nitrogens with two attached hydrogens (primary N) is 1. The first-order valence-corrected chi connectivity index (χ1v) is 9.35. The van der Waals surface area contributed by atoms with E-state index >= 15 is 0 Å². The van der Waals surface area contributed by atoms with E-state index in [4.69, 9.17) is 15.5 Å². The van der Waals surface area contributed by atoms with Crippen LogP contribution >= 0.6 is 0 Å². The lowest BCUT2D eigenvalue weighted by molar-refractivity contribution is 0.100. The molecule has 3 heterocycles. The van der Waals surface area contributed by atoms with Crippen LogP contribution in [-0.4, -0.2) is 42.2 Å². The number of aromatic nitrogens is 2. The topological polar surface area (TPSA) is 84.2 Å². The Hall–Kier alpha value is -3.38. The molecule has 1 amide bonds. The first-order chi connectivity index (χ1) is 13.7. The van der Waals surface area contributed by atoms with Crippen LogP contribution in [0.3, 0.4) is 0 Å². The summed E-state index contributed by atoms with van der Waals surface area (Å²) in [6.07, 6.45) is 0. The molecule has 1 aliphatic rings. The zero-order valence-electron chi connectivity index (χ0n) is 15.3. The molecule has 1 saturated heterocycles. The highest BCUT2D eigenvalue weighted by atomic mass is 16.5. The van der Waals surface area contributed by atoms with Crippen LogP contribution in [0.15, 0.2) is 54.6 Å². The summed E-state index contributed by atoms with van der Waals surface area (Å²) in [6, 6.07) is 17.8. The van der Waals surface area contributed by atoms with E-state index in [0.717, 1.165) is 59.7 Å². The average Bonchev–Trinajstić information content (AvgIpc) is 3.12. The van der Waals surface area contributed by atoms with Gasteiger partial charge in [-0.1, -0.05) is 30.3 Å². The second-order valence-corrected chi connectivity index (χ2v) is 6.96. The molecule has 6 heteroatoms. The zero-order valence-corrected chi connectivity index (χ0v) is 15.3. The van der Waals surface area contributed by atoms with Gasteiger partial charge in [0.05, 0.1) is 41.0 Å². The molecular weight excluding hydrogens is 352 g/mol. The van der Waals surface area contributed by atoms with Crippen LogP contribution in [0.1, 0.15) is 10.4 Å². The van der Waals surface area contributed by atoms with E-state index in [1.807, 2.05) is 30.3 Å². The summed E-state index contributed by atoms with van der Waals surface area (Å²) in [7, 11) is 0.